The number of ether oxygens (including phenoxy) is 2. The van der Waals surface area contributed by atoms with Crippen molar-refractivity contribution in [2.24, 2.45) is 11.3 Å². The minimum Gasteiger partial charge on any atom is -0.493 e. The van der Waals surface area contributed by atoms with Gasteiger partial charge in [0.2, 0.25) is 11.8 Å². The summed E-state index contributed by atoms with van der Waals surface area (Å²) in [7, 11) is 1.67. The molecule has 226 valence electrons. The molecule has 1 aliphatic heterocycles. The topological polar surface area (TPSA) is 59.1 Å². The van der Waals surface area contributed by atoms with Crippen LogP contribution < -0.4 is 9.47 Å². The molecular formula is C35H45ClN2O4. The molecule has 1 unspecified atom stereocenters. The van der Waals surface area contributed by atoms with Crippen molar-refractivity contribution in [1.29, 1.82) is 0 Å². The summed E-state index contributed by atoms with van der Waals surface area (Å²) in [6.07, 6.45) is 14.1. The Bertz CT molecular complexity index is 1260. The van der Waals surface area contributed by atoms with Gasteiger partial charge in [-0.05, 0) is 90.8 Å². The number of amides is 2. The van der Waals surface area contributed by atoms with Crippen molar-refractivity contribution in [3.8, 4) is 11.5 Å². The standard InChI is InChI=1S/C35H45ClN2O4/c1-41-32-19-26(9-14-31(32)42-18-17-38-33(39)21-35(22-34(38)40)15-5-6-16-35)24-37(23-25-7-3-2-4-8-25)30-13-10-27-20-28(36)11-12-29(27)30/h9,11-12,14,19-20,25,30H,2-8,10,13,15-18,21-24H2,1H3. The quantitative estimate of drug-likeness (QED) is 0.267. The van der Waals surface area contributed by atoms with Crippen LogP contribution in [0.15, 0.2) is 36.4 Å². The molecule has 2 aromatic rings. The fourth-order valence-electron chi connectivity index (χ4n) is 8.12. The Morgan fingerprint density at radius 3 is 2.43 bits per heavy atom. The van der Waals surface area contributed by atoms with Crippen molar-refractivity contribution >= 4 is 23.4 Å². The van der Waals surface area contributed by atoms with Crippen LogP contribution in [0.4, 0.5) is 0 Å². The lowest BCUT2D eigenvalue weighted by Gasteiger charge is -2.37. The molecule has 3 fully saturated rings. The molecule has 0 bridgehead atoms. The summed E-state index contributed by atoms with van der Waals surface area (Å²) in [6.45, 7) is 2.49. The van der Waals surface area contributed by atoms with Crippen molar-refractivity contribution in [3.05, 3.63) is 58.1 Å². The first-order chi connectivity index (χ1) is 20.4. The molecule has 42 heavy (non-hydrogen) atoms. The number of likely N-dealkylation sites (tertiary alicyclic amines) is 1. The number of hydrogen-bond acceptors (Lipinski definition) is 5. The van der Waals surface area contributed by atoms with Crippen LogP contribution in [-0.4, -0.2) is 48.4 Å². The first-order valence-electron chi connectivity index (χ1n) is 16.1. The van der Waals surface area contributed by atoms with E-state index >= 15 is 0 Å². The minimum atomic E-state index is -0.0803. The number of carbonyl (C=O) groups is 2. The predicted octanol–water partition coefficient (Wildman–Crippen LogP) is 7.51. The number of fused-ring (bicyclic) bond motifs is 1. The molecule has 4 aliphatic rings. The van der Waals surface area contributed by atoms with E-state index in [-0.39, 0.29) is 30.4 Å². The van der Waals surface area contributed by atoms with Crippen molar-refractivity contribution in [2.75, 3.05) is 26.8 Å². The van der Waals surface area contributed by atoms with Crippen molar-refractivity contribution in [1.82, 2.24) is 9.80 Å². The molecule has 1 saturated heterocycles. The second-order valence-electron chi connectivity index (χ2n) is 13.2. The Morgan fingerprint density at radius 1 is 0.929 bits per heavy atom. The zero-order chi connectivity index (χ0) is 29.1. The largest absolute Gasteiger partial charge is 0.493 e. The van der Waals surface area contributed by atoms with Gasteiger partial charge in [-0.15, -0.1) is 0 Å². The fourth-order valence-corrected chi connectivity index (χ4v) is 8.31. The fraction of sp³-hybridized carbons (Fsp3) is 0.600. The number of halogens is 1. The smallest absolute Gasteiger partial charge is 0.229 e. The highest BCUT2D eigenvalue weighted by molar-refractivity contribution is 6.30. The molecule has 2 aromatic carbocycles. The Hall–Kier alpha value is -2.57. The van der Waals surface area contributed by atoms with E-state index in [1.807, 2.05) is 12.1 Å². The number of carbonyl (C=O) groups excluding carboxylic acids is 2. The normalized spacial score (nSPS) is 22.3. The van der Waals surface area contributed by atoms with Gasteiger partial charge in [0.1, 0.15) is 6.61 Å². The lowest BCUT2D eigenvalue weighted by atomic mass is 9.76. The van der Waals surface area contributed by atoms with Gasteiger partial charge in [-0.25, -0.2) is 0 Å². The van der Waals surface area contributed by atoms with E-state index in [0.717, 1.165) is 62.6 Å². The third-order valence-electron chi connectivity index (χ3n) is 10.3. The second-order valence-corrected chi connectivity index (χ2v) is 13.6. The molecule has 6 nitrogen and oxygen atoms in total. The van der Waals surface area contributed by atoms with E-state index in [9.17, 15) is 9.59 Å². The highest BCUT2D eigenvalue weighted by Crippen LogP contribution is 2.47. The van der Waals surface area contributed by atoms with Crippen molar-refractivity contribution < 1.29 is 19.1 Å². The van der Waals surface area contributed by atoms with Crippen LogP contribution in [0.25, 0.3) is 0 Å². The van der Waals surface area contributed by atoms with Crippen molar-refractivity contribution in [2.45, 2.75) is 96.1 Å². The van der Waals surface area contributed by atoms with Gasteiger partial charge in [0.05, 0.1) is 13.7 Å². The number of piperidine rings is 1. The molecular weight excluding hydrogens is 548 g/mol. The molecule has 1 spiro atoms. The number of benzene rings is 2. The van der Waals surface area contributed by atoms with Crippen LogP contribution in [-0.2, 0) is 22.6 Å². The van der Waals surface area contributed by atoms with E-state index in [1.54, 1.807) is 7.11 Å². The highest BCUT2D eigenvalue weighted by Gasteiger charge is 2.44. The van der Waals surface area contributed by atoms with Crippen molar-refractivity contribution in [3.63, 3.8) is 0 Å². The molecule has 6 rings (SSSR count). The molecule has 1 heterocycles. The number of aryl methyl sites for hydroxylation is 1. The lowest BCUT2D eigenvalue weighted by Crippen LogP contribution is -2.48. The summed E-state index contributed by atoms with van der Waals surface area (Å²) in [5, 5.41) is 0.820. The molecule has 2 amide bonds. The van der Waals surface area contributed by atoms with Gasteiger partial charge >= 0.3 is 0 Å². The summed E-state index contributed by atoms with van der Waals surface area (Å²) >= 11 is 6.33. The second kappa shape index (κ2) is 13.0. The first kappa shape index (κ1) is 29.5. The zero-order valence-corrected chi connectivity index (χ0v) is 25.8. The van der Waals surface area contributed by atoms with Gasteiger partial charge in [-0.2, -0.15) is 0 Å². The van der Waals surface area contributed by atoms with Crippen LogP contribution in [0.1, 0.15) is 99.8 Å². The number of imide groups is 1. The third-order valence-corrected chi connectivity index (χ3v) is 10.5. The van der Waals surface area contributed by atoms with Crippen LogP contribution in [0.2, 0.25) is 5.02 Å². The Morgan fingerprint density at radius 2 is 1.69 bits per heavy atom. The van der Waals surface area contributed by atoms with Crippen LogP contribution in [0.5, 0.6) is 11.5 Å². The summed E-state index contributed by atoms with van der Waals surface area (Å²) in [4.78, 5) is 29.8. The van der Waals surface area contributed by atoms with E-state index in [2.05, 4.69) is 29.2 Å². The highest BCUT2D eigenvalue weighted by atomic mass is 35.5. The number of nitrogens with zero attached hydrogens (tertiary/aromatic N) is 2. The maximum absolute atomic E-state index is 12.8. The molecule has 3 aliphatic carbocycles. The molecule has 0 radical (unpaired) electrons. The molecule has 0 N–H and O–H groups in total. The summed E-state index contributed by atoms with van der Waals surface area (Å²) < 4.78 is 11.8. The SMILES string of the molecule is COc1cc(CN(CC2CCCCC2)C2CCc3cc(Cl)ccc32)ccc1OCCN1C(=O)CC2(CCCC2)CC1=O. The van der Waals surface area contributed by atoms with Gasteiger partial charge in [-0.3, -0.25) is 19.4 Å². The number of rotatable bonds is 10. The van der Waals surface area contributed by atoms with E-state index in [0.29, 0.717) is 30.4 Å². The summed E-state index contributed by atoms with van der Waals surface area (Å²) in [6, 6.07) is 13.0. The maximum Gasteiger partial charge on any atom is 0.229 e. The van der Waals surface area contributed by atoms with E-state index in [4.69, 9.17) is 21.1 Å². The van der Waals surface area contributed by atoms with E-state index < -0.39 is 0 Å². The minimum absolute atomic E-state index is 0.0483. The van der Waals surface area contributed by atoms with Crippen LogP contribution in [0.3, 0.4) is 0 Å². The molecule has 7 heteroatoms. The first-order valence-corrected chi connectivity index (χ1v) is 16.5. The molecule has 0 aromatic heterocycles. The van der Waals surface area contributed by atoms with E-state index in [1.165, 1.54) is 53.7 Å². The molecule has 2 saturated carbocycles. The van der Waals surface area contributed by atoms with Gasteiger partial charge in [0.15, 0.2) is 11.5 Å². The monoisotopic (exact) mass is 592 g/mol. The molecule has 1 atom stereocenters. The zero-order valence-electron chi connectivity index (χ0n) is 25.0. The third kappa shape index (κ3) is 6.50. The Labute approximate surface area is 255 Å². The maximum atomic E-state index is 12.8. The Balaban J connectivity index is 1.11. The number of methoxy groups -OCH3 is 1. The van der Waals surface area contributed by atoms with Crippen LogP contribution >= 0.6 is 11.6 Å². The number of hydrogen-bond donors (Lipinski definition) is 0. The van der Waals surface area contributed by atoms with Gasteiger partial charge in [-0.1, -0.05) is 55.8 Å². The summed E-state index contributed by atoms with van der Waals surface area (Å²) in [5.41, 5.74) is 3.92. The van der Waals surface area contributed by atoms with Gasteiger partial charge < -0.3 is 9.47 Å². The average molecular weight is 593 g/mol. The summed E-state index contributed by atoms with van der Waals surface area (Å²) in [5.74, 6) is 1.97. The lowest BCUT2D eigenvalue weighted by molar-refractivity contribution is -0.153. The predicted molar refractivity (Wildman–Crippen MR) is 165 cm³/mol. The Kier molecular flexibility index (Phi) is 9.11. The van der Waals surface area contributed by atoms with Gasteiger partial charge in [0, 0.05) is 37.0 Å². The van der Waals surface area contributed by atoms with Crippen LogP contribution in [0, 0.1) is 11.3 Å². The average Bonchev–Trinajstić information content (AvgIpc) is 3.61. The van der Waals surface area contributed by atoms with Gasteiger partial charge in [0.25, 0.3) is 0 Å².